The summed E-state index contributed by atoms with van der Waals surface area (Å²) in [5.41, 5.74) is 1.31. The Balaban J connectivity index is 2.24. The molecule has 0 radical (unpaired) electrons. The van der Waals surface area contributed by atoms with Crippen molar-refractivity contribution in [3.8, 4) is 0 Å². The molecule has 1 aliphatic rings. The molecule has 0 aromatic heterocycles. The van der Waals surface area contributed by atoms with Crippen LogP contribution in [0.25, 0.3) is 0 Å². The first-order valence-electron chi connectivity index (χ1n) is 6.52. The van der Waals surface area contributed by atoms with Crippen LogP contribution in [-0.4, -0.2) is 30.1 Å². The molecule has 0 aliphatic heterocycles. The van der Waals surface area contributed by atoms with Gasteiger partial charge in [-0.1, -0.05) is 30.3 Å². The number of carboxylic acids is 1. The lowest BCUT2D eigenvalue weighted by Gasteiger charge is -2.45. The summed E-state index contributed by atoms with van der Waals surface area (Å²) in [5.74, 6) is -0.808. The van der Waals surface area contributed by atoms with Crippen LogP contribution in [-0.2, 0) is 10.3 Å². The minimum Gasteiger partial charge on any atom is -0.481 e. The molecular formula is C15H21NO2. The average Bonchev–Trinajstić information content (AvgIpc) is 2.39. The van der Waals surface area contributed by atoms with E-state index in [0.29, 0.717) is 0 Å². The summed E-state index contributed by atoms with van der Waals surface area (Å²) in [5, 5.41) is 9.10. The number of nitrogens with zero attached hydrogens (tertiary/aromatic N) is 1. The highest BCUT2D eigenvalue weighted by Gasteiger charge is 2.40. The van der Waals surface area contributed by atoms with E-state index in [2.05, 4.69) is 43.3 Å². The molecule has 98 valence electrons. The molecule has 1 aliphatic carbocycles. The van der Waals surface area contributed by atoms with Crippen molar-refractivity contribution >= 4 is 5.97 Å². The average molecular weight is 247 g/mol. The van der Waals surface area contributed by atoms with E-state index in [1.807, 2.05) is 6.07 Å². The molecule has 3 nitrogen and oxygen atoms in total. The molecule has 0 saturated heterocycles. The maximum Gasteiger partial charge on any atom is 0.306 e. The van der Waals surface area contributed by atoms with Gasteiger partial charge >= 0.3 is 5.97 Å². The molecule has 0 unspecified atom stereocenters. The number of rotatable bonds is 3. The summed E-state index contributed by atoms with van der Waals surface area (Å²) in [6, 6.07) is 10.5. The van der Waals surface area contributed by atoms with Crippen LogP contribution < -0.4 is 0 Å². The van der Waals surface area contributed by atoms with Crippen LogP contribution in [0.1, 0.15) is 31.2 Å². The zero-order chi connectivity index (χ0) is 13.2. The second kappa shape index (κ2) is 5.11. The van der Waals surface area contributed by atoms with Crippen molar-refractivity contribution < 1.29 is 9.90 Å². The highest BCUT2D eigenvalue weighted by atomic mass is 16.4. The van der Waals surface area contributed by atoms with Gasteiger partial charge in [0, 0.05) is 5.54 Å². The lowest BCUT2D eigenvalue weighted by Crippen LogP contribution is -2.45. The normalized spacial score (nSPS) is 28.3. The van der Waals surface area contributed by atoms with Gasteiger partial charge < -0.3 is 5.11 Å². The molecule has 2 rings (SSSR count). The standard InChI is InChI=1S/C15H21NO2/c1-16(2)15(13-6-4-3-5-7-13)10-8-12(9-11-15)14(17)18/h3-7,12H,8-11H2,1-2H3,(H,17,18). The Labute approximate surface area is 108 Å². The fourth-order valence-electron chi connectivity index (χ4n) is 3.08. The Bertz CT molecular complexity index is 406. The van der Waals surface area contributed by atoms with E-state index in [0.717, 1.165) is 25.7 Å². The number of carbonyl (C=O) groups is 1. The van der Waals surface area contributed by atoms with E-state index >= 15 is 0 Å². The van der Waals surface area contributed by atoms with Gasteiger partial charge in [0.1, 0.15) is 0 Å². The Hall–Kier alpha value is -1.35. The van der Waals surface area contributed by atoms with Gasteiger partial charge in [-0.05, 0) is 45.3 Å². The second-order valence-electron chi connectivity index (χ2n) is 5.40. The topological polar surface area (TPSA) is 40.5 Å². The Kier molecular flexibility index (Phi) is 3.71. The number of benzene rings is 1. The molecule has 0 bridgehead atoms. The zero-order valence-electron chi connectivity index (χ0n) is 11.1. The fraction of sp³-hybridized carbons (Fsp3) is 0.533. The van der Waals surface area contributed by atoms with E-state index in [-0.39, 0.29) is 11.5 Å². The van der Waals surface area contributed by atoms with Gasteiger partial charge in [0.15, 0.2) is 0 Å². The fourth-order valence-corrected chi connectivity index (χ4v) is 3.08. The summed E-state index contributed by atoms with van der Waals surface area (Å²) in [4.78, 5) is 13.3. The molecule has 0 spiro atoms. The maximum atomic E-state index is 11.1. The predicted molar refractivity (Wildman–Crippen MR) is 71.4 cm³/mol. The van der Waals surface area contributed by atoms with Crippen molar-refractivity contribution in [2.75, 3.05) is 14.1 Å². The molecule has 0 amide bonds. The molecule has 18 heavy (non-hydrogen) atoms. The molecule has 0 atom stereocenters. The molecule has 1 fully saturated rings. The van der Waals surface area contributed by atoms with Crippen LogP contribution in [0.5, 0.6) is 0 Å². The smallest absolute Gasteiger partial charge is 0.306 e. The van der Waals surface area contributed by atoms with Crippen LogP contribution in [0.4, 0.5) is 0 Å². The minimum atomic E-state index is -0.643. The summed E-state index contributed by atoms with van der Waals surface area (Å²) >= 11 is 0. The maximum absolute atomic E-state index is 11.1. The molecule has 0 heterocycles. The lowest BCUT2D eigenvalue weighted by molar-refractivity contribution is -0.143. The predicted octanol–water partition coefficient (Wildman–Crippen LogP) is 2.72. The first-order valence-corrected chi connectivity index (χ1v) is 6.52. The van der Waals surface area contributed by atoms with E-state index in [1.54, 1.807) is 0 Å². The Morgan fingerprint density at radius 1 is 1.22 bits per heavy atom. The molecule has 1 aromatic carbocycles. The molecule has 1 aromatic rings. The van der Waals surface area contributed by atoms with Gasteiger partial charge in [0.2, 0.25) is 0 Å². The van der Waals surface area contributed by atoms with Crippen LogP contribution in [0, 0.1) is 5.92 Å². The summed E-state index contributed by atoms with van der Waals surface area (Å²) < 4.78 is 0. The Morgan fingerprint density at radius 3 is 2.22 bits per heavy atom. The number of hydrogen-bond acceptors (Lipinski definition) is 2. The van der Waals surface area contributed by atoms with Crippen molar-refractivity contribution in [1.29, 1.82) is 0 Å². The van der Waals surface area contributed by atoms with Crippen molar-refractivity contribution in [2.24, 2.45) is 5.92 Å². The second-order valence-corrected chi connectivity index (χ2v) is 5.40. The molecule has 1 N–H and O–H groups in total. The third-order valence-corrected chi connectivity index (χ3v) is 4.33. The first kappa shape index (κ1) is 13.1. The zero-order valence-corrected chi connectivity index (χ0v) is 11.1. The highest BCUT2D eigenvalue weighted by molar-refractivity contribution is 5.70. The van der Waals surface area contributed by atoms with Crippen molar-refractivity contribution in [1.82, 2.24) is 4.90 Å². The van der Waals surface area contributed by atoms with Crippen LogP contribution in [0.15, 0.2) is 30.3 Å². The highest BCUT2D eigenvalue weighted by Crippen LogP contribution is 2.42. The van der Waals surface area contributed by atoms with E-state index in [9.17, 15) is 4.79 Å². The van der Waals surface area contributed by atoms with Crippen LogP contribution >= 0.6 is 0 Å². The number of hydrogen-bond donors (Lipinski definition) is 1. The van der Waals surface area contributed by atoms with Crippen molar-refractivity contribution in [3.63, 3.8) is 0 Å². The van der Waals surface area contributed by atoms with Crippen LogP contribution in [0.3, 0.4) is 0 Å². The minimum absolute atomic E-state index is 0.00715. The van der Waals surface area contributed by atoms with Gasteiger partial charge in [-0.2, -0.15) is 0 Å². The van der Waals surface area contributed by atoms with Crippen LogP contribution in [0.2, 0.25) is 0 Å². The monoisotopic (exact) mass is 247 g/mol. The van der Waals surface area contributed by atoms with E-state index in [1.165, 1.54) is 5.56 Å². The van der Waals surface area contributed by atoms with E-state index < -0.39 is 5.97 Å². The first-order chi connectivity index (χ1) is 8.56. The van der Waals surface area contributed by atoms with Gasteiger partial charge in [0.25, 0.3) is 0 Å². The molecule has 3 heteroatoms. The third-order valence-electron chi connectivity index (χ3n) is 4.33. The summed E-state index contributed by atoms with van der Waals surface area (Å²) in [6.07, 6.45) is 3.37. The Morgan fingerprint density at radius 2 is 1.78 bits per heavy atom. The largest absolute Gasteiger partial charge is 0.481 e. The SMILES string of the molecule is CN(C)C1(c2ccccc2)CCC(C(=O)O)CC1. The summed E-state index contributed by atoms with van der Waals surface area (Å²) in [6.45, 7) is 0. The van der Waals surface area contributed by atoms with Gasteiger partial charge in [-0.3, -0.25) is 9.69 Å². The quantitative estimate of drug-likeness (QED) is 0.892. The lowest BCUT2D eigenvalue weighted by atomic mass is 9.72. The molecular weight excluding hydrogens is 226 g/mol. The van der Waals surface area contributed by atoms with Gasteiger partial charge in [-0.15, -0.1) is 0 Å². The summed E-state index contributed by atoms with van der Waals surface area (Å²) in [7, 11) is 4.18. The van der Waals surface area contributed by atoms with Crippen molar-refractivity contribution in [3.05, 3.63) is 35.9 Å². The molecule has 1 saturated carbocycles. The van der Waals surface area contributed by atoms with E-state index in [4.69, 9.17) is 5.11 Å². The number of carboxylic acid groups (broad SMARTS) is 1. The number of aliphatic carboxylic acids is 1. The van der Waals surface area contributed by atoms with Gasteiger partial charge in [0.05, 0.1) is 5.92 Å². The third kappa shape index (κ3) is 2.27. The van der Waals surface area contributed by atoms with Gasteiger partial charge in [-0.25, -0.2) is 0 Å². The van der Waals surface area contributed by atoms with Crippen molar-refractivity contribution in [2.45, 2.75) is 31.2 Å².